The third-order valence-electron chi connectivity index (χ3n) is 5.37. The fourth-order valence-corrected chi connectivity index (χ4v) is 4.50. The molecule has 1 aliphatic rings. The summed E-state index contributed by atoms with van der Waals surface area (Å²) < 4.78 is 12.5. The molecule has 1 unspecified atom stereocenters. The molecule has 5 amide bonds. The van der Waals surface area contributed by atoms with Crippen molar-refractivity contribution in [1.29, 1.82) is 0 Å². The number of nitrogens with zero attached hydrogens (tertiary/aromatic N) is 1. The van der Waals surface area contributed by atoms with E-state index in [2.05, 4.69) is 26.3 Å². The molecule has 19 nitrogen and oxygen atoms in total. The van der Waals surface area contributed by atoms with Crippen LogP contribution < -0.4 is 38.1 Å². The van der Waals surface area contributed by atoms with Crippen molar-refractivity contribution in [3.63, 3.8) is 0 Å². The number of aliphatic hydroxyl groups is 1. The topological polar surface area (TPSA) is 322 Å². The largest absolute Gasteiger partial charge is 0.481 e. The second-order valence-corrected chi connectivity index (χ2v) is 10.4. The monoisotopic (exact) mass is 606 g/mol. The number of carbonyl (C=O) groups excluding carboxylic acids is 5. The highest BCUT2D eigenvalue weighted by atomic mass is 32.2. The molecule has 12 N–H and O–H groups in total. The van der Waals surface area contributed by atoms with Crippen LogP contribution in [0.3, 0.4) is 0 Å². The number of amides is 5. The van der Waals surface area contributed by atoms with E-state index in [0.29, 0.717) is 0 Å². The summed E-state index contributed by atoms with van der Waals surface area (Å²) in [6, 6.07) is -6.58. The molecule has 6 atom stereocenters. The van der Waals surface area contributed by atoms with Gasteiger partial charge in [0.15, 0.2) is 5.96 Å². The van der Waals surface area contributed by atoms with Gasteiger partial charge in [0.25, 0.3) is 0 Å². The van der Waals surface area contributed by atoms with Crippen molar-refractivity contribution >= 4 is 58.2 Å². The number of aliphatic imine (C=N–C) groups is 1. The lowest BCUT2D eigenvalue weighted by atomic mass is 10.1. The van der Waals surface area contributed by atoms with E-state index >= 15 is 0 Å². The number of carboxylic acids is 2. The first kappa shape index (κ1) is 34.7. The SMILES string of the molecule is C[C@@H](O)[C@@H]1NC(=O)CS(=O)C[C@@H](C(=O)O)NC(=O)[C@H](CC(=O)O)NC(=O)CNC(=O)[C@H](CCCN=C(N)N)NC1=O. The standard InChI is InChI=1S/C21H34N8O11S/c1-9(30)16-19(37)27-10(3-2-4-24-21(22)23)17(35)25-6-13(31)26-11(5-15(33)34)18(36)28-12(20(38)39)7-41(40)8-14(32)29-16/h9-12,16,30H,2-8H2,1H3,(H,25,35)(H,26,31)(H,27,37)(H,28,36)(H,29,32)(H,33,34)(H,38,39)(H4,22,23,24)/t9-,10+,11+,12+,16+,41?/m1/s1. The first-order valence-corrected chi connectivity index (χ1v) is 13.6. The van der Waals surface area contributed by atoms with Crippen molar-refractivity contribution in [1.82, 2.24) is 26.6 Å². The lowest BCUT2D eigenvalue weighted by Crippen LogP contribution is -2.59. The van der Waals surface area contributed by atoms with Crippen LogP contribution in [0.1, 0.15) is 26.2 Å². The van der Waals surface area contributed by atoms with Gasteiger partial charge >= 0.3 is 11.9 Å². The van der Waals surface area contributed by atoms with Gasteiger partial charge in [0, 0.05) is 17.3 Å². The molecule has 1 rings (SSSR count). The van der Waals surface area contributed by atoms with Crippen LogP contribution in [-0.2, 0) is 44.4 Å². The van der Waals surface area contributed by atoms with Crippen molar-refractivity contribution in [2.24, 2.45) is 16.5 Å². The Hall–Kier alpha value is -4.33. The zero-order valence-electron chi connectivity index (χ0n) is 22.0. The Bertz CT molecular complexity index is 1080. The van der Waals surface area contributed by atoms with Crippen molar-refractivity contribution in [2.75, 3.05) is 24.6 Å². The molecule has 20 heteroatoms. The molecular weight excluding hydrogens is 572 g/mol. The van der Waals surface area contributed by atoms with Gasteiger partial charge in [0.2, 0.25) is 29.5 Å². The van der Waals surface area contributed by atoms with Crippen LogP contribution >= 0.6 is 0 Å². The third-order valence-corrected chi connectivity index (χ3v) is 6.66. The van der Waals surface area contributed by atoms with Gasteiger partial charge in [-0.1, -0.05) is 0 Å². The van der Waals surface area contributed by atoms with E-state index in [1.165, 1.54) is 0 Å². The summed E-state index contributed by atoms with van der Waals surface area (Å²) >= 11 is 0. The lowest BCUT2D eigenvalue weighted by molar-refractivity contribution is -0.143. The molecule has 0 aliphatic carbocycles. The molecule has 230 valence electrons. The molecule has 0 saturated carbocycles. The van der Waals surface area contributed by atoms with Crippen molar-refractivity contribution in [3.8, 4) is 0 Å². The Morgan fingerprint density at radius 1 is 0.976 bits per heavy atom. The molecule has 0 aromatic heterocycles. The molecule has 41 heavy (non-hydrogen) atoms. The molecule has 0 aromatic rings. The number of rotatable bonds is 8. The number of aliphatic hydroxyl groups excluding tert-OH is 1. The maximum atomic E-state index is 12.9. The van der Waals surface area contributed by atoms with Crippen molar-refractivity contribution < 1.29 is 53.1 Å². The Morgan fingerprint density at radius 3 is 2.20 bits per heavy atom. The van der Waals surface area contributed by atoms with E-state index in [4.69, 9.17) is 16.6 Å². The predicted octanol–water partition coefficient (Wildman–Crippen LogP) is -6.20. The average Bonchev–Trinajstić information content (AvgIpc) is 2.85. The average molecular weight is 607 g/mol. The van der Waals surface area contributed by atoms with Gasteiger partial charge in [-0.25, -0.2) is 4.79 Å². The second-order valence-electron chi connectivity index (χ2n) is 8.88. The second kappa shape index (κ2) is 16.7. The van der Waals surface area contributed by atoms with E-state index in [1.54, 1.807) is 0 Å². The minimum Gasteiger partial charge on any atom is -0.481 e. The van der Waals surface area contributed by atoms with Crippen molar-refractivity contribution in [2.45, 2.75) is 56.5 Å². The minimum atomic E-state index is -2.23. The highest BCUT2D eigenvalue weighted by molar-refractivity contribution is 7.85. The number of hydrogen-bond donors (Lipinski definition) is 10. The number of guanidine groups is 1. The molecule has 1 heterocycles. The maximum Gasteiger partial charge on any atom is 0.327 e. The normalized spacial score (nSPS) is 26.0. The summed E-state index contributed by atoms with van der Waals surface area (Å²) in [5, 5.41) is 39.3. The number of carbonyl (C=O) groups is 7. The Kier molecular flexibility index (Phi) is 14.1. The number of nitrogens with one attached hydrogen (secondary N) is 5. The molecule has 0 spiro atoms. The number of aliphatic carboxylic acids is 2. The van der Waals surface area contributed by atoms with Gasteiger partial charge in [0.1, 0.15) is 29.9 Å². The first-order chi connectivity index (χ1) is 19.1. The molecule has 0 aromatic carbocycles. The number of hydrogen-bond acceptors (Lipinski definition) is 10. The molecular formula is C21H34N8O11S. The molecule has 1 fully saturated rings. The van der Waals surface area contributed by atoms with Gasteiger partial charge in [0.05, 0.1) is 24.8 Å². The molecule has 1 saturated heterocycles. The quantitative estimate of drug-likeness (QED) is 0.0699. The van der Waals surface area contributed by atoms with E-state index in [0.717, 1.165) is 6.92 Å². The summed E-state index contributed by atoms with van der Waals surface area (Å²) in [6.45, 7) is 0.439. The summed E-state index contributed by atoms with van der Waals surface area (Å²) in [4.78, 5) is 89.8. The Balaban J connectivity index is 3.32. The van der Waals surface area contributed by atoms with Gasteiger partial charge < -0.3 is 53.4 Å². The van der Waals surface area contributed by atoms with E-state index in [9.17, 15) is 48.0 Å². The van der Waals surface area contributed by atoms with Crippen LogP contribution in [0.25, 0.3) is 0 Å². The number of carboxylic acid groups (broad SMARTS) is 2. The molecule has 0 bridgehead atoms. The fourth-order valence-electron chi connectivity index (χ4n) is 3.41. The summed E-state index contributed by atoms with van der Waals surface area (Å²) in [5.74, 6) is -10.2. The minimum absolute atomic E-state index is 0.0637. The van der Waals surface area contributed by atoms with Crippen LogP contribution in [0.5, 0.6) is 0 Å². The number of nitrogens with two attached hydrogens (primary N) is 2. The smallest absolute Gasteiger partial charge is 0.327 e. The van der Waals surface area contributed by atoms with Crippen LogP contribution in [0.2, 0.25) is 0 Å². The summed E-state index contributed by atoms with van der Waals surface area (Å²) in [6.07, 6.45) is -2.36. The summed E-state index contributed by atoms with van der Waals surface area (Å²) in [7, 11) is -2.23. The Morgan fingerprint density at radius 2 is 1.63 bits per heavy atom. The van der Waals surface area contributed by atoms with Gasteiger partial charge in [-0.3, -0.25) is 38.0 Å². The van der Waals surface area contributed by atoms with Crippen LogP contribution in [-0.4, -0.2) is 122 Å². The van der Waals surface area contributed by atoms with E-state index in [-0.39, 0.29) is 25.3 Å². The zero-order chi connectivity index (χ0) is 31.3. The van der Waals surface area contributed by atoms with Gasteiger partial charge in [-0.05, 0) is 19.8 Å². The highest BCUT2D eigenvalue weighted by Crippen LogP contribution is 2.03. The predicted molar refractivity (Wildman–Crippen MR) is 140 cm³/mol. The van der Waals surface area contributed by atoms with E-state index < -0.39 is 107 Å². The Labute approximate surface area is 235 Å². The lowest BCUT2D eigenvalue weighted by Gasteiger charge is -2.25. The van der Waals surface area contributed by atoms with Gasteiger partial charge in [-0.2, -0.15) is 0 Å². The fraction of sp³-hybridized carbons (Fsp3) is 0.619. The van der Waals surface area contributed by atoms with Crippen LogP contribution in [0.4, 0.5) is 0 Å². The zero-order valence-corrected chi connectivity index (χ0v) is 22.8. The maximum absolute atomic E-state index is 12.9. The summed E-state index contributed by atoms with van der Waals surface area (Å²) in [5.41, 5.74) is 10.5. The van der Waals surface area contributed by atoms with Crippen LogP contribution in [0, 0.1) is 0 Å². The van der Waals surface area contributed by atoms with E-state index in [1.807, 2.05) is 5.32 Å². The van der Waals surface area contributed by atoms with Gasteiger partial charge in [-0.15, -0.1) is 0 Å². The molecule has 1 aliphatic heterocycles. The van der Waals surface area contributed by atoms with Crippen LogP contribution in [0.15, 0.2) is 4.99 Å². The third kappa shape index (κ3) is 13.0. The highest BCUT2D eigenvalue weighted by Gasteiger charge is 2.33. The molecule has 0 radical (unpaired) electrons. The first-order valence-electron chi connectivity index (χ1n) is 12.1. The van der Waals surface area contributed by atoms with Crippen molar-refractivity contribution in [3.05, 3.63) is 0 Å².